The van der Waals surface area contributed by atoms with Crippen molar-refractivity contribution in [2.75, 3.05) is 32.6 Å². The van der Waals surface area contributed by atoms with Gasteiger partial charge < -0.3 is 19.7 Å². The number of anilines is 2. The summed E-state index contributed by atoms with van der Waals surface area (Å²) in [5.41, 5.74) is 4.04. The lowest BCUT2D eigenvalue weighted by Gasteiger charge is -2.26. The first-order valence-electron chi connectivity index (χ1n) is 10.3. The van der Waals surface area contributed by atoms with E-state index in [1.54, 1.807) is 14.2 Å². The average molecular weight is 405 g/mol. The van der Waals surface area contributed by atoms with Gasteiger partial charge in [0.2, 0.25) is 0 Å². The normalized spacial score (nSPS) is 13.9. The molecule has 0 bridgehead atoms. The Morgan fingerprint density at radius 2 is 1.67 bits per heavy atom. The van der Waals surface area contributed by atoms with Gasteiger partial charge >= 0.3 is 0 Å². The van der Waals surface area contributed by atoms with Crippen LogP contribution in [0.4, 0.5) is 11.4 Å². The molecule has 1 N–H and O–H groups in total. The lowest BCUT2D eigenvalue weighted by atomic mass is 10.1. The molecule has 0 saturated carbocycles. The molecule has 2 heterocycles. The summed E-state index contributed by atoms with van der Waals surface area (Å²) in [5.74, 6) is 1.37. The van der Waals surface area contributed by atoms with Crippen LogP contribution in [0, 0.1) is 6.92 Å². The topological polar surface area (TPSA) is 63.7 Å². The Morgan fingerprint density at radius 1 is 0.967 bits per heavy atom. The van der Waals surface area contributed by atoms with Gasteiger partial charge in [0.1, 0.15) is 17.2 Å². The Hall–Kier alpha value is -3.28. The molecule has 6 heteroatoms. The number of benzene rings is 2. The van der Waals surface area contributed by atoms with Gasteiger partial charge in [-0.2, -0.15) is 0 Å². The van der Waals surface area contributed by atoms with Crippen molar-refractivity contribution in [3.63, 3.8) is 0 Å². The van der Waals surface area contributed by atoms with Crippen LogP contribution in [0.3, 0.4) is 0 Å². The summed E-state index contributed by atoms with van der Waals surface area (Å²) < 4.78 is 10.8. The zero-order valence-electron chi connectivity index (χ0n) is 17.7. The fourth-order valence-electron chi connectivity index (χ4n) is 3.85. The lowest BCUT2D eigenvalue weighted by Crippen LogP contribution is -2.36. The van der Waals surface area contributed by atoms with Gasteiger partial charge in [0.05, 0.1) is 25.4 Å². The highest BCUT2D eigenvalue weighted by Crippen LogP contribution is 2.32. The number of aromatic nitrogens is 1. The van der Waals surface area contributed by atoms with E-state index in [1.807, 2.05) is 48.2 Å². The van der Waals surface area contributed by atoms with E-state index < -0.39 is 0 Å². The number of likely N-dealkylation sites (tertiary alicyclic amines) is 1. The number of fused-ring (bicyclic) bond motifs is 1. The summed E-state index contributed by atoms with van der Waals surface area (Å²) in [6.07, 6.45) is 3.28. The minimum absolute atomic E-state index is 0.0107. The predicted octanol–water partition coefficient (Wildman–Crippen LogP) is 4.93. The number of piperidine rings is 1. The molecule has 30 heavy (non-hydrogen) atoms. The van der Waals surface area contributed by atoms with Crippen molar-refractivity contribution in [3.8, 4) is 11.5 Å². The summed E-state index contributed by atoms with van der Waals surface area (Å²) in [5, 5.41) is 4.42. The summed E-state index contributed by atoms with van der Waals surface area (Å²) in [6.45, 7) is 3.63. The zero-order valence-corrected chi connectivity index (χ0v) is 17.7. The van der Waals surface area contributed by atoms with Crippen LogP contribution >= 0.6 is 0 Å². The van der Waals surface area contributed by atoms with Crippen LogP contribution in [0.1, 0.15) is 35.3 Å². The minimum atomic E-state index is -0.0107. The maximum atomic E-state index is 13.1. The molecule has 4 rings (SSSR count). The largest absolute Gasteiger partial charge is 0.497 e. The smallest absolute Gasteiger partial charge is 0.272 e. The third kappa shape index (κ3) is 4.17. The monoisotopic (exact) mass is 405 g/mol. The van der Waals surface area contributed by atoms with Crippen LogP contribution < -0.4 is 14.8 Å². The van der Waals surface area contributed by atoms with Gasteiger partial charge in [-0.25, -0.2) is 4.98 Å². The highest BCUT2D eigenvalue weighted by molar-refractivity contribution is 6.01. The van der Waals surface area contributed by atoms with Crippen LogP contribution in [0.25, 0.3) is 10.9 Å². The Labute approximate surface area is 176 Å². The molecule has 3 aromatic rings. The van der Waals surface area contributed by atoms with Gasteiger partial charge in [-0.05, 0) is 44.4 Å². The number of nitrogens with zero attached hydrogens (tertiary/aromatic N) is 2. The van der Waals surface area contributed by atoms with Crippen molar-refractivity contribution >= 4 is 28.2 Å². The SMILES string of the molecule is COc1cc(Nc2cc(C(=O)N3CCCCC3)nc3ccc(C)cc23)cc(OC)c1. The first kappa shape index (κ1) is 20.0. The van der Waals surface area contributed by atoms with E-state index in [1.165, 1.54) is 6.42 Å². The molecule has 0 radical (unpaired) electrons. The van der Waals surface area contributed by atoms with Crippen molar-refractivity contribution < 1.29 is 14.3 Å². The number of hydrogen-bond donors (Lipinski definition) is 1. The fraction of sp³-hybridized carbons (Fsp3) is 0.333. The Kier molecular flexibility index (Phi) is 5.74. The summed E-state index contributed by atoms with van der Waals surface area (Å²) >= 11 is 0. The Balaban J connectivity index is 1.77. The number of hydrogen-bond acceptors (Lipinski definition) is 5. The number of methoxy groups -OCH3 is 2. The molecule has 1 saturated heterocycles. The first-order valence-corrected chi connectivity index (χ1v) is 10.3. The molecule has 0 atom stereocenters. The van der Waals surface area contributed by atoms with Crippen molar-refractivity contribution in [2.45, 2.75) is 26.2 Å². The highest BCUT2D eigenvalue weighted by Gasteiger charge is 2.21. The third-order valence-electron chi connectivity index (χ3n) is 5.46. The molecular weight excluding hydrogens is 378 g/mol. The fourth-order valence-corrected chi connectivity index (χ4v) is 3.85. The number of rotatable bonds is 5. The van der Waals surface area contributed by atoms with Crippen molar-refractivity contribution in [2.24, 2.45) is 0 Å². The molecule has 1 amide bonds. The van der Waals surface area contributed by atoms with E-state index in [2.05, 4.69) is 16.4 Å². The molecule has 2 aromatic carbocycles. The van der Waals surface area contributed by atoms with Gasteiger partial charge in [-0.1, -0.05) is 11.6 Å². The molecule has 0 unspecified atom stereocenters. The molecular formula is C24H27N3O3. The summed E-state index contributed by atoms with van der Waals surface area (Å²) in [6, 6.07) is 13.5. The van der Waals surface area contributed by atoms with E-state index in [0.717, 1.165) is 53.8 Å². The van der Waals surface area contributed by atoms with E-state index in [-0.39, 0.29) is 5.91 Å². The maximum Gasteiger partial charge on any atom is 0.272 e. The summed E-state index contributed by atoms with van der Waals surface area (Å²) in [4.78, 5) is 19.7. The van der Waals surface area contributed by atoms with Crippen LogP contribution in [-0.4, -0.2) is 43.1 Å². The minimum Gasteiger partial charge on any atom is -0.497 e. The van der Waals surface area contributed by atoms with Crippen LogP contribution in [0.15, 0.2) is 42.5 Å². The highest BCUT2D eigenvalue weighted by atomic mass is 16.5. The van der Waals surface area contributed by atoms with Crippen LogP contribution in [-0.2, 0) is 0 Å². The number of carbonyl (C=O) groups excluding carboxylic acids is 1. The second-order valence-corrected chi connectivity index (χ2v) is 7.65. The molecule has 0 aliphatic carbocycles. The molecule has 0 spiro atoms. The number of ether oxygens (including phenoxy) is 2. The maximum absolute atomic E-state index is 13.1. The number of carbonyl (C=O) groups is 1. The first-order chi connectivity index (χ1) is 14.6. The molecule has 1 aromatic heterocycles. The number of amides is 1. The van der Waals surface area contributed by atoms with E-state index in [9.17, 15) is 4.79 Å². The zero-order chi connectivity index (χ0) is 21.1. The quantitative estimate of drug-likeness (QED) is 0.652. The van der Waals surface area contributed by atoms with Gasteiger partial charge in [0.25, 0.3) is 5.91 Å². The van der Waals surface area contributed by atoms with Crippen molar-refractivity contribution in [1.82, 2.24) is 9.88 Å². The standard InChI is InChI=1S/C24H27N3O3/c1-16-7-8-21-20(11-16)22(25-17-12-18(29-2)14-19(13-17)30-3)15-23(26-21)24(28)27-9-5-4-6-10-27/h7-8,11-15H,4-6,9-10H2,1-3H3,(H,25,26). The second kappa shape index (κ2) is 8.61. The van der Waals surface area contributed by atoms with Crippen molar-refractivity contribution in [1.29, 1.82) is 0 Å². The van der Waals surface area contributed by atoms with E-state index >= 15 is 0 Å². The Morgan fingerprint density at radius 3 is 2.33 bits per heavy atom. The molecule has 1 aliphatic heterocycles. The molecule has 1 aliphatic rings. The summed E-state index contributed by atoms with van der Waals surface area (Å²) in [7, 11) is 3.25. The van der Waals surface area contributed by atoms with Gasteiger partial charge in [-0.15, -0.1) is 0 Å². The van der Waals surface area contributed by atoms with Gasteiger partial charge in [0.15, 0.2) is 0 Å². The van der Waals surface area contributed by atoms with E-state index in [0.29, 0.717) is 17.2 Å². The van der Waals surface area contributed by atoms with E-state index in [4.69, 9.17) is 9.47 Å². The third-order valence-corrected chi connectivity index (χ3v) is 5.46. The number of aryl methyl sites for hydroxylation is 1. The van der Waals surface area contributed by atoms with Gasteiger partial charge in [0, 0.05) is 42.4 Å². The predicted molar refractivity (Wildman–Crippen MR) is 119 cm³/mol. The molecule has 156 valence electrons. The number of nitrogens with one attached hydrogen (secondary N) is 1. The lowest BCUT2D eigenvalue weighted by molar-refractivity contribution is 0.0719. The van der Waals surface area contributed by atoms with Crippen molar-refractivity contribution in [3.05, 3.63) is 53.7 Å². The van der Waals surface area contributed by atoms with Gasteiger partial charge in [-0.3, -0.25) is 4.79 Å². The average Bonchev–Trinajstić information content (AvgIpc) is 2.79. The molecule has 6 nitrogen and oxygen atoms in total. The second-order valence-electron chi connectivity index (χ2n) is 7.65. The van der Waals surface area contributed by atoms with Crippen LogP contribution in [0.2, 0.25) is 0 Å². The number of pyridine rings is 1. The molecule has 1 fully saturated rings. The van der Waals surface area contributed by atoms with Crippen LogP contribution in [0.5, 0.6) is 11.5 Å². The Bertz CT molecular complexity index is 1050.